The van der Waals surface area contributed by atoms with E-state index < -0.39 is 32.5 Å². The zero-order valence-electron chi connectivity index (χ0n) is 56.7. The molecule has 0 aliphatic carbocycles. The topological polar surface area (TPSA) is 134 Å². The lowest BCUT2D eigenvalue weighted by molar-refractivity contribution is -0.161. The number of allylic oxidation sites excluding steroid dienone is 38. The molecule has 0 bridgehead atoms. The zero-order valence-corrected chi connectivity index (χ0v) is 57.6. The number of hydrogen-bond acceptors (Lipinski definition) is 8. The number of esters is 2. The molecule has 3 N–H and O–H groups in total. The SMILES string of the molecule is CC/C=C\C/C=C\C/C=C\C/C=C\C/C=C\C/C=C\C/C=C\C/C=C\C/C=C\C/C=C\C/C=C\CCCCCCCCCC(=O)OC(COC(=O)CCCCCC/C=C\C/C=C\C/C=C\C/C=C\C/C=C\C/C=C\C/C=C\C/C=C\CC)COP(=O)(O)OCCN. The maximum Gasteiger partial charge on any atom is 0.472 e. The molecule has 0 aliphatic heterocycles. The van der Waals surface area contributed by atoms with E-state index in [1.165, 1.54) is 12.8 Å². The molecular weight excluding hydrogens is 1150 g/mol. The highest BCUT2D eigenvalue weighted by atomic mass is 31.2. The number of nitrogens with two attached hydrogens (primary N) is 1. The van der Waals surface area contributed by atoms with E-state index >= 15 is 0 Å². The van der Waals surface area contributed by atoms with Gasteiger partial charge in [0.25, 0.3) is 0 Å². The molecule has 0 radical (unpaired) electrons. The summed E-state index contributed by atoms with van der Waals surface area (Å²) in [5, 5.41) is 0. The number of ether oxygens (including phenoxy) is 2. The van der Waals surface area contributed by atoms with Crippen molar-refractivity contribution in [2.45, 2.75) is 238 Å². The molecule has 0 heterocycles. The molecule has 0 spiro atoms. The largest absolute Gasteiger partial charge is 0.472 e. The summed E-state index contributed by atoms with van der Waals surface area (Å²) in [6.07, 6.45) is 115. The van der Waals surface area contributed by atoms with E-state index in [0.29, 0.717) is 12.8 Å². The van der Waals surface area contributed by atoms with Crippen LogP contribution in [-0.2, 0) is 32.7 Å². The Morgan fingerprint density at radius 1 is 0.330 bits per heavy atom. The highest BCUT2D eigenvalue weighted by Crippen LogP contribution is 2.43. The van der Waals surface area contributed by atoms with Gasteiger partial charge in [0.15, 0.2) is 6.10 Å². The predicted octanol–water partition coefficient (Wildman–Crippen LogP) is 23.4. The van der Waals surface area contributed by atoms with Gasteiger partial charge in [-0.25, -0.2) is 4.57 Å². The normalized spacial score (nSPS) is 14.4. The van der Waals surface area contributed by atoms with Crippen LogP contribution in [0.15, 0.2) is 231 Å². The van der Waals surface area contributed by atoms with Gasteiger partial charge in [-0.1, -0.05) is 290 Å². The summed E-state index contributed by atoms with van der Waals surface area (Å²) < 4.78 is 33.1. The molecule has 91 heavy (non-hydrogen) atoms. The van der Waals surface area contributed by atoms with Gasteiger partial charge in [-0.05, 0) is 161 Å². The molecule has 506 valence electrons. The molecule has 0 saturated heterocycles. The average molecular weight is 1270 g/mol. The maximum atomic E-state index is 12.8. The molecule has 0 amide bonds. The van der Waals surface area contributed by atoms with Crippen molar-refractivity contribution in [1.82, 2.24) is 0 Å². The molecule has 0 fully saturated rings. The van der Waals surface area contributed by atoms with Gasteiger partial charge in [-0.15, -0.1) is 0 Å². The Balaban J connectivity index is 4.08. The number of rotatable bonds is 62. The van der Waals surface area contributed by atoms with Gasteiger partial charge in [0.2, 0.25) is 0 Å². The van der Waals surface area contributed by atoms with Crippen molar-refractivity contribution in [2.75, 3.05) is 26.4 Å². The Morgan fingerprint density at radius 3 is 0.846 bits per heavy atom. The summed E-state index contributed by atoms with van der Waals surface area (Å²) in [4.78, 5) is 35.3. The Morgan fingerprint density at radius 2 is 0.571 bits per heavy atom. The highest BCUT2D eigenvalue weighted by molar-refractivity contribution is 7.47. The monoisotopic (exact) mass is 1270 g/mol. The number of hydrogen-bond donors (Lipinski definition) is 2. The lowest BCUT2D eigenvalue weighted by atomic mass is 10.1. The van der Waals surface area contributed by atoms with Crippen LogP contribution in [0, 0.1) is 0 Å². The van der Waals surface area contributed by atoms with E-state index in [1.54, 1.807) is 0 Å². The summed E-state index contributed by atoms with van der Waals surface area (Å²) in [7, 11) is -4.42. The van der Waals surface area contributed by atoms with Gasteiger partial charge in [0.1, 0.15) is 6.61 Å². The van der Waals surface area contributed by atoms with Crippen LogP contribution >= 0.6 is 7.82 Å². The second-order valence-corrected chi connectivity index (χ2v) is 23.4. The van der Waals surface area contributed by atoms with Crippen LogP contribution in [0.3, 0.4) is 0 Å². The third-order valence-electron chi connectivity index (χ3n) is 13.5. The summed E-state index contributed by atoms with van der Waals surface area (Å²) in [6.45, 7) is 3.44. The summed E-state index contributed by atoms with van der Waals surface area (Å²) in [5.41, 5.74) is 5.40. The maximum absolute atomic E-state index is 12.8. The number of phosphoric ester groups is 1. The second kappa shape index (κ2) is 73.1. The Bertz CT molecular complexity index is 2340. The van der Waals surface area contributed by atoms with E-state index in [-0.39, 0.29) is 32.6 Å². The minimum atomic E-state index is -4.42. The Kier molecular flexibility index (Phi) is 68.4. The van der Waals surface area contributed by atoms with E-state index in [1.807, 2.05) is 0 Å². The number of carbonyl (C=O) groups excluding carboxylic acids is 2. The van der Waals surface area contributed by atoms with Crippen LogP contribution in [0.5, 0.6) is 0 Å². The molecule has 2 atom stereocenters. The van der Waals surface area contributed by atoms with Crippen LogP contribution in [0.1, 0.15) is 232 Å². The summed E-state index contributed by atoms with van der Waals surface area (Å²) in [5.74, 6) is -0.889. The molecular formula is C81H124NO8P. The minimum absolute atomic E-state index is 0.0346. The number of unbranched alkanes of at least 4 members (excludes halogenated alkanes) is 11. The van der Waals surface area contributed by atoms with Crippen molar-refractivity contribution in [2.24, 2.45) is 5.73 Å². The quantitative estimate of drug-likeness (QED) is 0.0264. The van der Waals surface area contributed by atoms with Crippen LogP contribution in [0.4, 0.5) is 0 Å². The smallest absolute Gasteiger partial charge is 0.462 e. The van der Waals surface area contributed by atoms with Crippen LogP contribution in [0.2, 0.25) is 0 Å². The lowest BCUT2D eigenvalue weighted by Crippen LogP contribution is -2.29. The van der Waals surface area contributed by atoms with Gasteiger partial charge in [0, 0.05) is 19.4 Å². The predicted molar refractivity (Wildman–Crippen MR) is 394 cm³/mol. The van der Waals surface area contributed by atoms with Crippen molar-refractivity contribution < 1.29 is 37.6 Å². The molecule has 0 aromatic carbocycles. The number of carbonyl (C=O) groups is 2. The third-order valence-corrected chi connectivity index (χ3v) is 14.5. The van der Waals surface area contributed by atoms with Crippen molar-refractivity contribution >= 4 is 19.8 Å². The molecule has 0 saturated carbocycles. The summed E-state index contributed by atoms with van der Waals surface area (Å²) >= 11 is 0. The van der Waals surface area contributed by atoms with Gasteiger partial charge in [-0.2, -0.15) is 0 Å². The van der Waals surface area contributed by atoms with Crippen molar-refractivity contribution in [3.63, 3.8) is 0 Å². The van der Waals surface area contributed by atoms with Crippen LogP contribution < -0.4 is 5.73 Å². The lowest BCUT2D eigenvalue weighted by Gasteiger charge is -2.19. The van der Waals surface area contributed by atoms with Crippen LogP contribution in [0.25, 0.3) is 0 Å². The van der Waals surface area contributed by atoms with Gasteiger partial charge < -0.3 is 20.1 Å². The average Bonchev–Trinajstić information content (AvgIpc) is 3.74. The highest BCUT2D eigenvalue weighted by Gasteiger charge is 2.26. The van der Waals surface area contributed by atoms with Crippen molar-refractivity contribution in [3.05, 3.63) is 231 Å². The fraction of sp³-hybridized carbons (Fsp3) is 0.506. The van der Waals surface area contributed by atoms with Crippen molar-refractivity contribution in [1.29, 1.82) is 0 Å². The molecule has 0 aromatic rings. The number of phosphoric acid groups is 1. The summed E-state index contributed by atoms with van der Waals surface area (Å²) in [6, 6.07) is 0. The molecule has 0 aliphatic rings. The fourth-order valence-corrected chi connectivity index (χ4v) is 9.24. The fourth-order valence-electron chi connectivity index (χ4n) is 8.48. The van der Waals surface area contributed by atoms with Crippen LogP contribution in [-0.4, -0.2) is 49.3 Å². The van der Waals surface area contributed by atoms with E-state index in [4.69, 9.17) is 24.3 Å². The third kappa shape index (κ3) is 73.0. The van der Waals surface area contributed by atoms with E-state index in [9.17, 15) is 19.0 Å². The van der Waals surface area contributed by atoms with Crippen molar-refractivity contribution in [3.8, 4) is 0 Å². The Labute approximate surface area is 555 Å². The first kappa shape index (κ1) is 85.1. The molecule has 10 heteroatoms. The molecule has 9 nitrogen and oxygen atoms in total. The minimum Gasteiger partial charge on any atom is -0.462 e. The zero-order chi connectivity index (χ0) is 65.8. The van der Waals surface area contributed by atoms with Gasteiger partial charge in [0.05, 0.1) is 13.2 Å². The first-order valence-electron chi connectivity index (χ1n) is 34.9. The first-order valence-corrected chi connectivity index (χ1v) is 36.4. The first-order chi connectivity index (χ1) is 44.8. The molecule has 2 unspecified atom stereocenters. The van der Waals surface area contributed by atoms with E-state index in [0.717, 1.165) is 180 Å². The van der Waals surface area contributed by atoms with Gasteiger partial charge >= 0.3 is 19.8 Å². The molecule has 0 rings (SSSR count). The standard InChI is InChI=1S/C81H124NO8P/c1-3-5-7-9-11-13-15-17-19-21-23-25-27-29-31-33-34-35-36-37-38-39-40-41-42-43-44-46-48-50-52-54-56-58-60-62-64-66-68-70-72-74-81(84)90-79(78-89-91(85,86)88-76-75-82)77-87-80(83)73-71-69-67-65-63-61-59-57-55-53-51-49-47-45-32-30-28-26-24-22-20-18-16-14-12-10-8-6-4-2/h5-8,11-14,17-20,23-26,29-32,34-35,37-38,40-41,43-44,47-50,53-56,59,61,79H,3-4,9-10,15-16,21-22,27-28,33,36,39,42,45-46,51-52,57-58,60,62-78,82H2,1-2H3,(H,85,86)/b7-5-,8-6-,13-11-,14-12-,19-17-,20-18-,25-23-,26-24-,31-29-,32-30-,35-34-,38-37-,41-40-,44-43-,49-47-,50-48-,55-53-,56-54-,61-59-. The van der Waals surface area contributed by atoms with Gasteiger partial charge in [-0.3, -0.25) is 18.6 Å². The second-order valence-electron chi connectivity index (χ2n) is 21.9. The Hall–Kier alpha value is -5.93. The molecule has 0 aromatic heterocycles. The van der Waals surface area contributed by atoms with E-state index in [2.05, 4.69) is 245 Å².